The van der Waals surface area contributed by atoms with Gasteiger partial charge in [-0.3, -0.25) is 4.79 Å². The number of hydrogen-bond acceptors (Lipinski definition) is 6. The highest BCUT2D eigenvalue weighted by molar-refractivity contribution is 7.91. The van der Waals surface area contributed by atoms with Gasteiger partial charge in [0.1, 0.15) is 17.6 Å². The summed E-state index contributed by atoms with van der Waals surface area (Å²) in [7, 11) is -2.00. The third-order valence-electron chi connectivity index (χ3n) is 4.77. The molecule has 1 heterocycles. The molecule has 2 aromatic rings. The van der Waals surface area contributed by atoms with Crippen molar-refractivity contribution >= 4 is 21.4 Å². The van der Waals surface area contributed by atoms with E-state index in [9.17, 15) is 17.6 Å². The molecule has 0 unspecified atom stereocenters. The maximum atomic E-state index is 13.1. The standard InChI is InChI=1S/C20H24FN3O4S/c1-28-17-6-8-18(9-7-17)29(26,27)13-11-23-20(25)19-14-24(12-10-22-19)16-4-2-15(21)3-5-16/h2-9,19,22H,10-14H2,1H3,(H,23,25)/t19-/m1/s1. The van der Waals surface area contributed by atoms with Crippen LogP contribution in [0.4, 0.5) is 10.1 Å². The van der Waals surface area contributed by atoms with Crippen LogP contribution >= 0.6 is 0 Å². The molecule has 0 bridgehead atoms. The van der Waals surface area contributed by atoms with Crippen molar-refractivity contribution in [3.05, 3.63) is 54.3 Å². The Balaban J connectivity index is 1.52. The number of carbonyl (C=O) groups excluding carboxylic acids is 1. The number of hydrogen-bond donors (Lipinski definition) is 2. The van der Waals surface area contributed by atoms with Gasteiger partial charge in [0.05, 0.1) is 17.8 Å². The number of anilines is 1. The molecule has 9 heteroatoms. The number of nitrogens with zero attached hydrogens (tertiary/aromatic N) is 1. The molecule has 156 valence electrons. The fourth-order valence-corrected chi connectivity index (χ4v) is 4.30. The quantitative estimate of drug-likeness (QED) is 0.699. The highest BCUT2D eigenvalue weighted by Gasteiger charge is 2.26. The molecule has 0 spiro atoms. The SMILES string of the molecule is COc1ccc(S(=O)(=O)CCNC(=O)[C@H]2CN(c3ccc(F)cc3)CCN2)cc1. The predicted octanol–water partition coefficient (Wildman–Crippen LogP) is 1.20. The van der Waals surface area contributed by atoms with E-state index in [4.69, 9.17) is 4.74 Å². The summed E-state index contributed by atoms with van der Waals surface area (Å²) in [5, 5.41) is 5.82. The Labute approximate surface area is 169 Å². The lowest BCUT2D eigenvalue weighted by Gasteiger charge is -2.34. The van der Waals surface area contributed by atoms with Gasteiger partial charge in [0, 0.05) is 31.9 Å². The van der Waals surface area contributed by atoms with Crippen LogP contribution in [0.3, 0.4) is 0 Å². The number of amides is 1. The molecule has 1 amide bonds. The normalized spacial score (nSPS) is 17.0. The minimum Gasteiger partial charge on any atom is -0.497 e. The van der Waals surface area contributed by atoms with Crippen LogP contribution in [0.5, 0.6) is 5.75 Å². The van der Waals surface area contributed by atoms with Gasteiger partial charge in [-0.05, 0) is 48.5 Å². The summed E-state index contributed by atoms with van der Waals surface area (Å²) in [5.41, 5.74) is 0.841. The van der Waals surface area contributed by atoms with E-state index < -0.39 is 15.9 Å². The topological polar surface area (TPSA) is 87.7 Å². The van der Waals surface area contributed by atoms with Crippen molar-refractivity contribution < 1.29 is 22.3 Å². The van der Waals surface area contributed by atoms with Crippen molar-refractivity contribution in [3.63, 3.8) is 0 Å². The molecule has 1 fully saturated rings. The fraction of sp³-hybridized carbons (Fsp3) is 0.350. The summed E-state index contributed by atoms with van der Waals surface area (Å²) in [6, 6.07) is 11.8. The predicted molar refractivity (Wildman–Crippen MR) is 108 cm³/mol. The molecule has 3 rings (SSSR count). The summed E-state index contributed by atoms with van der Waals surface area (Å²) in [6.45, 7) is 1.73. The Morgan fingerprint density at radius 1 is 1.21 bits per heavy atom. The zero-order chi connectivity index (χ0) is 20.9. The number of benzene rings is 2. The van der Waals surface area contributed by atoms with Crippen LogP contribution in [0.15, 0.2) is 53.4 Å². The summed E-state index contributed by atoms with van der Waals surface area (Å²) >= 11 is 0. The lowest BCUT2D eigenvalue weighted by atomic mass is 10.1. The molecule has 0 saturated carbocycles. The van der Waals surface area contributed by atoms with E-state index >= 15 is 0 Å². The van der Waals surface area contributed by atoms with Crippen LogP contribution in [0, 0.1) is 5.82 Å². The van der Waals surface area contributed by atoms with Gasteiger partial charge in [-0.2, -0.15) is 0 Å². The van der Waals surface area contributed by atoms with Crippen molar-refractivity contribution in [2.45, 2.75) is 10.9 Å². The molecular formula is C20H24FN3O4S. The molecule has 1 atom stereocenters. The molecule has 0 aliphatic carbocycles. The average Bonchev–Trinajstić information content (AvgIpc) is 2.74. The van der Waals surface area contributed by atoms with Crippen LogP contribution in [0.2, 0.25) is 0 Å². The molecule has 1 aliphatic heterocycles. The molecule has 2 aromatic carbocycles. The van der Waals surface area contributed by atoms with E-state index in [-0.39, 0.29) is 28.9 Å². The number of methoxy groups -OCH3 is 1. The Morgan fingerprint density at radius 3 is 2.55 bits per heavy atom. The first-order valence-electron chi connectivity index (χ1n) is 9.27. The van der Waals surface area contributed by atoms with Crippen LogP contribution in [-0.2, 0) is 14.6 Å². The van der Waals surface area contributed by atoms with E-state index in [1.807, 2.05) is 4.90 Å². The second kappa shape index (κ2) is 9.23. The lowest BCUT2D eigenvalue weighted by Crippen LogP contribution is -2.57. The van der Waals surface area contributed by atoms with Crippen molar-refractivity contribution in [2.75, 3.05) is 43.9 Å². The molecule has 29 heavy (non-hydrogen) atoms. The van der Waals surface area contributed by atoms with E-state index in [1.54, 1.807) is 24.3 Å². The molecule has 7 nitrogen and oxygen atoms in total. The second-order valence-corrected chi connectivity index (χ2v) is 8.82. The molecule has 2 N–H and O–H groups in total. The van der Waals surface area contributed by atoms with Crippen molar-refractivity contribution in [2.24, 2.45) is 0 Å². The van der Waals surface area contributed by atoms with Gasteiger partial charge in [-0.15, -0.1) is 0 Å². The van der Waals surface area contributed by atoms with Crippen molar-refractivity contribution in [1.82, 2.24) is 10.6 Å². The Hall–Kier alpha value is -2.65. The smallest absolute Gasteiger partial charge is 0.239 e. The number of halogens is 1. The van der Waals surface area contributed by atoms with Gasteiger partial charge in [0.25, 0.3) is 0 Å². The van der Waals surface area contributed by atoms with Gasteiger partial charge < -0.3 is 20.3 Å². The van der Waals surface area contributed by atoms with Crippen LogP contribution in [-0.4, -0.2) is 59.4 Å². The fourth-order valence-electron chi connectivity index (χ4n) is 3.14. The number of ether oxygens (including phenoxy) is 1. The maximum Gasteiger partial charge on any atom is 0.239 e. The largest absolute Gasteiger partial charge is 0.497 e. The molecule has 0 aromatic heterocycles. The molecular weight excluding hydrogens is 397 g/mol. The third kappa shape index (κ3) is 5.45. The van der Waals surface area contributed by atoms with E-state index in [1.165, 1.54) is 31.4 Å². The Kier molecular flexibility index (Phi) is 6.71. The van der Waals surface area contributed by atoms with Crippen LogP contribution in [0.25, 0.3) is 0 Å². The number of carbonyl (C=O) groups is 1. The summed E-state index contributed by atoms with van der Waals surface area (Å²) < 4.78 is 42.9. The Morgan fingerprint density at radius 2 is 1.90 bits per heavy atom. The highest BCUT2D eigenvalue weighted by Crippen LogP contribution is 2.17. The summed E-state index contributed by atoms with van der Waals surface area (Å²) in [5.74, 6) is -0.191. The first-order valence-corrected chi connectivity index (χ1v) is 10.9. The summed E-state index contributed by atoms with van der Waals surface area (Å²) in [6.07, 6.45) is 0. The molecule has 1 aliphatic rings. The van der Waals surface area contributed by atoms with E-state index in [0.29, 0.717) is 25.4 Å². The highest BCUT2D eigenvalue weighted by atomic mass is 32.2. The maximum absolute atomic E-state index is 13.1. The first kappa shape index (κ1) is 21.1. The minimum atomic E-state index is -3.51. The van der Waals surface area contributed by atoms with Gasteiger partial charge in [0.2, 0.25) is 5.91 Å². The second-order valence-electron chi connectivity index (χ2n) is 6.71. The first-order chi connectivity index (χ1) is 13.9. The monoisotopic (exact) mass is 421 g/mol. The van der Waals surface area contributed by atoms with Crippen molar-refractivity contribution in [3.8, 4) is 5.75 Å². The van der Waals surface area contributed by atoms with Crippen LogP contribution < -0.4 is 20.3 Å². The number of nitrogens with one attached hydrogen (secondary N) is 2. The van der Waals surface area contributed by atoms with Crippen molar-refractivity contribution in [1.29, 1.82) is 0 Å². The zero-order valence-electron chi connectivity index (χ0n) is 16.1. The van der Waals surface area contributed by atoms with Crippen LogP contribution in [0.1, 0.15) is 0 Å². The number of piperazine rings is 1. The third-order valence-corrected chi connectivity index (χ3v) is 6.50. The lowest BCUT2D eigenvalue weighted by molar-refractivity contribution is -0.123. The molecule has 0 radical (unpaired) electrons. The Bertz CT molecular complexity index is 933. The summed E-state index contributed by atoms with van der Waals surface area (Å²) in [4.78, 5) is 14.6. The average molecular weight is 421 g/mol. The van der Waals surface area contributed by atoms with Gasteiger partial charge in [-0.25, -0.2) is 12.8 Å². The number of sulfone groups is 1. The van der Waals surface area contributed by atoms with Gasteiger partial charge in [-0.1, -0.05) is 0 Å². The van der Waals surface area contributed by atoms with Gasteiger partial charge >= 0.3 is 0 Å². The number of rotatable bonds is 7. The van der Waals surface area contributed by atoms with E-state index in [0.717, 1.165) is 5.69 Å². The minimum absolute atomic E-state index is 0.0158. The molecule has 1 saturated heterocycles. The van der Waals surface area contributed by atoms with E-state index in [2.05, 4.69) is 10.6 Å². The zero-order valence-corrected chi connectivity index (χ0v) is 16.9. The van der Waals surface area contributed by atoms with Gasteiger partial charge in [0.15, 0.2) is 9.84 Å².